The van der Waals surface area contributed by atoms with Gasteiger partial charge in [-0.05, 0) is 12.1 Å². The average Bonchev–Trinajstić information content (AvgIpc) is 2.65. The molecule has 80 valence electrons. The van der Waals surface area contributed by atoms with Crippen LogP contribution in [0.3, 0.4) is 0 Å². The Morgan fingerprint density at radius 1 is 1.47 bits per heavy atom. The van der Waals surface area contributed by atoms with Crippen LogP contribution in [0.1, 0.15) is 6.42 Å². The fourth-order valence-corrected chi connectivity index (χ4v) is 1.70. The molecule has 2 rings (SSSR count). The Hall–Kier alpha value is -1.58. The molecule has 1 aliphatic heterocycles. The van der Waals surface area contributed by atoms with Gasteiger partial charge >= 0.3 is 0 Å². The number of anilines is 1. The molecule has 1 aliphatic rings. The fourth-order valence-electron chi connectivity index (χ4n) is 1.70. The lowest BCUT2D eigenvalue weighted by molar-refractivity contribution is -0.116. The van der Waals surface area contributed by atoms with Crippen molar-refractivity contribution < 1.29 is 13.9 Å². The zero-order valence-corrected chi connectivity index (χ0v) is 8.50. The molecule has 1 saturated heterocycles. The SMILES string of the molecule is COc1ccc(F)c(N2CCC(=O)C2)c1. The topological polar surface area (TPSA) is 29.5 Å². The van der Waals surface area contributed by atoms with E-state index in [4.69, 9.17) is 4.74 Å². The summed E-state index contributed by atoms with van der Waals surface area (Å²) in [4.78, 5) is 12.8. The smallest absolute Gasteiger partial charge is 0.153 e. The third-order valence-electron chi connectivity index (χ3n) is 2.52. The number of hydrogen-bond acceptors (Lipinski definition) is 3. The van der Waals surface area contributed by atoms with Crippen molar-refractivity contribution >= 4 is 11.5 Å². The van der Waals surface area contributed by atoms with Gasteiger partial charge in [0.2, 0.25) is 0 Å². The monoisotopic (exact) mass is 209 g/mol. The third kappa shape index (κ3) is 1.93. The predicted octanol–water partition coefficient (Wildman–Crippen LogP) is 1.61. The predicted molar refractivity (Wildman–Crippen MR) is 54.8 cm³/mol. The number of ketones is 1. The maximum atomic E-state index is 13.5. The van der Waals surface area contributed by atoms with E-state index >= 15 is 0 Å². The first-order valence-corrected chi connectivity index (χ1v) is 4.81. The number of carbonyl (C=O) groups is 1. The van der Waals surface area contributed by atoms with Gasteiger partial charge in [-0.15, -0.1) is 0 Å². The molecule has 0 amide bonds. The molecule has 0 bridgehead atoms. The fraction of sp³-hybridized carbons (Fsp3) is 0.364. The van der Waals surface area contributed by atoms with Crippen molar-refractivity contribution in [3.8, 4) is 5.75 Å². The number of methoxy groups -OCH3 is 1. The molecule has 15 heavy (non-hydrogen) atoms. The second-order valence-corrected chi connectivity index (χ2v) is 3.53. The van der Waals surface area contributed by atoms with E-state index in [1.54, 1.807) is 17.0 Å². The normalized spacial score (nSPS) is 15.9. The van der Waals surface area contributed by atoms with Crippen LogP contribution in [0, 0.1) is 5.82 Å². The van der Waals surface area contributed by atoms with Crippen molar-refractivity contribution in [2.75, 3.05) is 25.1 Å². The Kier molecular flexibility index (Phi) is 2.58. The summed E-state index contributed by atoms with van der Waals surface area (Å²) in [6.07, 6.45) is 0.497. The van der Waals surface area contributed by atoms with Gasteiger partial charge in [0.05, 0.1) is 19.3 Å². The largest absolute Gasteiger partial charge is 0.497 e. The van der Waals surface area contributed by atoms with Gasteiger partial charge in [-0.25, -0.2) is 4.39 Å². The highest BCUT2D eigenvalue weighted by Gasteiger charge is 2.22. The van der Waals surface area contributed by atoms with Crippen LogP contribution in [0.4, 0.5) is 10.1 Å². The lowest BCUT2D eigenvalue weighted by Crippen LogP contribution is -2.20. The van der Waals surface area contributed by atoms with Crippen molar-refractivity contribution in [3.63, 3.8) is 0 Å². The minimum absolute atomic E-state index is 0.150. The highest BCUT2D eigenvalue weighted by Crippen LogP contribution is 2.26. The van der Waals surface area contributed by atoms with Crippen molar-refractivity contribution in [1.29, 1.82) is 0 Å². The second kappa shape index (κ2) is 3.88. The van der Waals surface area contributed by atoms with Crippen molar-refractivity contribution in [1.82, 2.24) is 0 Å². The maximum Gasteiger partial charge on any atom is 0.153 e. The molecule has 0 unspecified atom stereocenters. The van der Waals surface area contributed by atoms with Crippen LogP contribution in [0.25, 0.3) is 0 Å². The standard InChI is InChI=1S/C11H12FNO2/c1-15-9-2-3-10(12)11(6-9)13-5-4-8(14)7-13/h2-3,6H,4-5,7H2,1H3. The lowest BCUT2D eigenvalue weighted by Gasteiger charge is -2.17. The number of carbonyl (C=O) groups excluding carboxylic acids is 1. The van der Waals surface area contributed by atoms with Gasteiger partial charge in [0, 0.05) is 19.0 Å². The molecular weight excluding hydrogens is 197 g/mol. The van der Waals surface area contributed by atoms with Gasteiger partial charge in [0.1, 0.15) is 11.6 Å². The lowest BCUT2D eigenvalue weighted by atomic mass is 10.2. The number of halogens is 1. The molecule has 1 fully saturated rings. The van der Waals surface area contributed by atoms with Crippen LogP contribution in [-0.2, 0) is 4.79 Å². The molecule has 1 heterocycles. The highest BCUT2D eigenvalue weighted by atomic mass is 19.1. The van der Waals surface area contributed by atoms with E-state index in [-0.39, 0.29) is 11.6 Å². The Labute approximate surface area is 87.5 Å². The van der Waals surface area contributed by atoms with E-state index in [9.17, 15) is 9.18 Å². The number of Topliss-reactive ketones (excluding diaryl/α,β-unsaturated/α-hetero) is 1. The van der Waals surface area contributed by atoms with Gasteiger partial charge in [-0.1, -0.05) is 0 Å². The van der Waals surface area contributed by atoms with Crippen LogP contribution < -0.4 is 9.64 Å². The molecule has 0 aliphatic carbocycles. The molecule has 0 aromatic heterocycles. The number of ether oxygens (including phenoxy) is 1. The minimum atomic E-state index is -0.314. The first-order chi connectivity index (χ1) is 7.20. The number of benzene rings is 1. The Morgan fingerprint density at radius 2 is 2.27 bits per heavy atom. The summed E-state index contributed by atoms with van der Waals surface area (Å²) >= 11 is 0. The zero-order valence-electron chi connectivity index (χ0n) is 8.50. The van der Waals surface area contributed by atoms with Crippen LogP contribution in [0.2, 0.25) is 0 Å². The molecule has 3 nitrogen and oxygen atoms in total. The minimum Gasteiger partial charge on any atom is -0.497 e. The molecule has 1 aromatic rings. The zero-order chi connectivity index (χ0) is 10.8. The van der Waals surface area contributed by atoms with E-state index in [0.717, 1.165) is 0 Å². The summed E-state index contributed by atoms with van der Waals surface area (Å²) in [6.45, 7) is 0.882. The molecule has 0 N–H and O–H groups in total. The summed E-state index contributed by atoms with van der Waals surface area (Å²) in [5, 5.41) is 0. The molecule has 0 atom stereocenters. The van der Waals surface area contributed by atoms with Crippen molar-refractivity contribution in [2.24, 2.45) is 0 Å². The maximum absolute atomic E-state index is 13.5. The van der Waals surface area contributed by atoms with Crippen molar-refractivity contribution in [2.45, 2.75) is 6.42 Å². The Morgan fingerprint density at radius 3 is 2.87 bits per heavy atom. The van der Waals surface area contributed by atoms with Crippen LogP contribution in [0.5, 0.6) is 5.75 Å². The van der Waals surface area contributed by atoms with Gasteiger partial charge < -0.3 is 9.64 Å². The highest BCUT2D eigenvalue weighted by molar-refractivity contribution is 5.87. The summed E-state index contributed by atoms with van der Waals surface area (Å²) in [6, 6.07) is 4.54. The third-order valence-corrected chi connectivity index (χ3v) is 2.52. The molecule has 4 heteroatoms. The Bertz CT molecular complexity index is 392. The summed E-state index contributed by atoms with van der Waals surface area (Å²) in [7, 11) is 1.53. The molecule has 0 saturated carbocycles. The number of hydrogen-bond donors (Lipinski definition) is 0. The van der Waals surface area contributed by atoms with Crippen LogP contribution >= 0.6 is 0 Å². The summed E-state index contributed by atoms with van der Waals surface area (Å²) in [5.41, 5.74) is 0.445. The number of rotatable bonds is 2. The first-order valence-electron chi connectivity index (χ1n) is 4.81. The van der Waals surface area contributed by atoms with Gasteiger partial charge in [0.15, 0.2) is 5.78 Å². The van der Waals surface area contributed by atoms with E-state index < -0.39 is 0 Å². The van der Waals surface area contributed by atoms with E-state index in [1.807, 2.05) is 0 Å². The van der Waals surface area contributed by atoms with Crippen LogP contribution in [0.15, 0.2) is 18.2 Å². The summed E-state index contributed by atoms with van der Waals surface area (Å²) < 4.78 is 18.5. The van der Waals surface area contributed by atoms with Gasteiger partial charge in [-0.3, -0.25) is 4.79 Å². The van der Waals surface area contributed by atoms with E-state index in [1.165, 1.54) is 13.2 Å². The average molecular weight is 209 g/mol. The van der Waals surface area contributed by atoms with Crippen molar-refractivity contribution in [3.05, 3.63) is 24.0 Å². The first kappa shape index (κ1) is 9.96. The van der Waals surface area contributed by atoms with Crippen LogP contribution in [-0.4, -0.2) is 26.0 Å². The second-order valence-electron chi connectivity index (χ2n) is 3.53. The Balaban J connectivity index is 2.30. The molecule has 1 aromatic carbocycles. The van der Waals surface area contributed by atoms with E-state index in [2.05, 4.69) is 0 Å². The van der Waals surface area contributed by atoms with Gasteiger partial charge in [-0.2, -0.15) is 0 Å². The summed E-state index contributed by atoms with van der Waals surface area (Å²) in [5.74, 6) is 0.438. The number of nitrogens with zero attached hydrogens (tertiary/aromatic N) is 1. The molecule has 0 spiro atoms. The van der Waals surface area contributed by atoms with Gasteiger partial charge in [0.25, 0.3) is 0 Å². The molecule has 0 radical (unpaired) electrons. The quantitative estimate of drug-likeness (QED) is 0.741. The molecular formula is C11H12FNO2. The van der Waals surface area contributed by atoms with E-state index in [0.29, 0.717) is 30.9 Å².